The molecule has 2 heterocycles. The van der Waals surface area contributed by atoms with Gasteiger partial charge in [0.15, 0.2) is 5.65 Å². The van der Waals surface area contributed by atoms with Crippen LogP contribution in [0.5, 0.6) is 0 Å². The number of anilines is 1. The van der Waals surface area contributed by atoms with Crippen molar-refractivity contribution in [1.82, 2.24) is 9.38 Å². The van der Waals surface area contributed by atoms with Gasteiger partial charge in [-0.1, -0.05) is 0 Å². The summed E-state index contributed by atoms with van der Waals surface area (Å²) in [6.45, 7) is -0.155. The van der Waals surface area contributed by atoms with Crippen LogP contribution in [0.2, 0.25) is 0 Å². The number of imidazole rings is 1. The second-order valence-electron chi connectivity index (χ2n) is 2.80. The van der Waals surface area contributed by atoms with Gasteiger partial charge in [-0.25, -0.2) is 4.98 Å². The van der Waals surface area contributed by atoms with Gasteiger partial charge >= 0.3 is 0 Å². The summed E-state index contributed by atoms with van der Waals surface area (Å²) < 4.78 is 3.45. The zero-order valence-electron chi connectivity index (χ0n) is 7.04. The second kappa shape index (κ2) is 3.52. The minimum atomic E-state index is -0.155. The van der Waals surface area contributed by atoms with E-state index in [1.165, 1.54) is 0 Å². The molecule has 2 aromatic rings. The molecule has 0 unspecified atom stereocenters. The summed E-state index contributed by atoms with van der Waals surface area (Å²) in [4.78, 5) is 4.19. The smallest absolute Gasteiger partial charge is 0.153 e. The molecule has 0 amide bonds. The molecule has 0 aliphatic rings. The quantitative estimate of drug-likeness (QED) is 0.844. The fraction of sp³-hybridized carbons (Fsp3) is 0.125. The van der Waals surface area contributed by atoms with Gasteiger partial charge in [0.1, 0.15) is 11.5 Å². The first-order valence-corrected chi connectivity index (χ1v) is 5.44. The van der Waals surface area contributed by atoms with Crippen LogP contribution in [-0.4, -0.2) is 14.5 Å². The minimum absolute atomic E-state index is 0.155. The monoisotopic (exact) mass is 319 g/mol. The minimum Gasteiger partial charge on any atom is -0.390 e. The molecule has 14 heavy (non-hydrogen) atoms. The van der Waals surface area contributed by atoms with Crippen molar-refractivity contribution in [3.05, 3.63) is 26.9 Å². The van der Waals surface area contributed by atoms with Gasteiger partial charge in [-0.15, -0.1) is 0 Å². The van der Waals surface area contributed by atoms with Crippen molar-refractivity contribution in [3.8, 4) is 0 Å². The maximum Gasteiger partial charge on any atom is 0.153 e. The Morgan fingerprint density at radius 3 is 2.86 bits per heavy atom. The number of nitrogens with zero attached hydrogens (tertiary/aromatic N) is 2. The van der Waals surface area contributed by atoms with E-state index in [0.29, 0.717) is 17.2 Å². The van der Waals surface area contributed by atoms with Crippen LogP contribution in [0.15, 0.2) is 21.2 Å². The van der Waals surface area contributed by atoms with Crippen LogP contribution >= 0.6 is 31.9 Å². The highest BCUT2D eigenvalue weighted by molar-refractivity contribution is 9.11. The lowest BCUT2D eigenvalue weighted by Gasteiger charge is -1.99. The Morgan fingerprint density at radius 2 is 2.21 bits per heavy atom. The summed E-state index contributed by atoms with van der Waals surface area (Å²) in [5.41, 5.74) is 6.98. The summed E-state index contributed by atoms with van der Waals surface area (Å²) in [6.07, 6.45) is 1.81. The third-order valence-electron chi connectivity index (χ3n) is 1.90. The molecule has 2 rings (SSSR count). The first-order valence-electron chi connectivity index (χ1n) is 3.86. The van der Waals surface area contributed by atoms with Crippen LogP contribution in [0.1, 0.15) is 5.69 Å². The van der Waals surface area contributed by atoms with Gasteiger partial charge in [0, 0.05) is 10.7 Å². The van der Waals surface area contributed by atoms with E-state index in [1.807, 2.05) is 12.3 Å². The molecule has 0 saturated carbocycles. The number of nitrogen functional groups attached to an aromatic ring is 1. The first kappa shape index (κ1) is 9.95. The van der Waals surface area contributed by atoms with E-state index in [4.69, 9.17) is 10.8 Å². The SMILES string of the molecule is Nc1c(CO)nc2c(Br)cc(Br)cn12. The maximum absolute atomic E-state index is 9.00. The average molecular weight is 321 g/mol. The average Bonchev–Trinajstić information content (AvgIpc) is 2.44. The van der Waals surface area contributed by atoms with Crippen molar-refractivity contribution in [2.75, 3.05) is 5.73 Å². The van der Waals surface area contributed by atoms with E-state index in [2.05, 4.69) is 36.8 Å². The van der Waals surface area contributed by atoms with Gasteiger partial charge in [-0.3, -0.25) is 4.40 Å². The van der Waals surface area contributed by atoms with E-state index in [-0.39, 0.29) is 6.61 Å². The number of hydrogen-bond donors (Lipinski definition) is 2. The van der Waals surface area contributed by atoms with Crippen molar-refractivity contribution in [1.29, 1.82) is 0 Å². The Hall–Kier alpha value is -0.590. The number of aliphatic hydroxyl groups is 1. The van der Waals surface area contributed by atoms with Crippen molar-refractivity contribution < 1.29 is 5.11 Å². The van der Waals surface area contributed by atoms with E-state index < -0.39 is 0 Å². The molecule has 0 saturated heterocycles. The molecule has 0 aliphatic carbocycles. The zero-order valence-corrected chi connectivity index (χ0v) is 10.2. The maximum atomic E-state index is 9.00. The summed E-state index contributed by atoms with van der Waals surface area (Å²) in [7, 11) is 0. The lowest BCUT2D eigenvalue weighted by atomic mass is 10.4. The zero-order chi connectivity index (χ0) is 10.3. The molecular weight excluding hydrogens is 314 g/mol. The molecule has 4 nitrogen and oxygen atoms in total. The van der Waals surface area contributed by atoms with E-state index in [0.717, 1.165) is 8.95 Å². The highest BCUT2D eigenvalue weighted by Crippen LogP contribution is 2.26. The van der Waals surface area contributed by atoms with Crippen LogP contribution in [-0.2, 0) is 6.61 Å². The van der Waals surface area contributed by atoms with E-state index in [1.54, 1.807) is 4.40 Å². The second-order valence-corrected chi connectivity index (χ2v) is 4.57. The number of aliphatic hydroxyl groups excluding tert-OH is 1. The topological polar surface area (TPSA) is 63.5 Å². The molecule has 3 N–H and O–H groups in total. The van der Waals surface area contributed by atoms with Gasteiger partial charge in [-0.05, 0) is 37.9 Å². The Bertz CT molecular complexity index is 495. The number of pyridine rings is 1. The lowest BCUT2D eigenvalue weighted by Crippen LogP contribution is -1.96. The predicted molar refractivity (Wildman–Crippen MR) is 60.9 cm³/mol. The number of hydrogen-bond acceptors (Lipinski definition) is 3. The molecule has 0 atom stereocenters. The first-order chi connectivity index (χ1) is 6.63. The fourth-order valence-corrected chi connectivity index (χ4v) is 2.52. The van der Waals surface area contributed by atoms with Gasteiger partial charge < -0.3 is 10.8 Å². The third-order valence-corrected chi connectivity index (χ3v) is 2.92. The Kier molecular flexibility index (Phi) is 2.50. The van der Waals surface area contributed by atoms with Crippen molar-refractivity contribution in [3.63, 3.8) is 0 Å². The number of nitrogens with two attached hydrogens (primary N) is 1. The van der Waals surface area contributed by atoms with Crippen molar-refractivity contribution >= 4 is 43.3 Å². The largest absolute Gasteiger partial charge is 0.390 e. The van der Waals surface area contributed by atoms with Crippen LogP contribution in [0.25, 0.3) is 5.65 Å². The van der Waals surface area contributed by atoms with Gasteiger partial charge in [0.2, 0.25) is 0 Å². The molecule has 2 aromatic heterocycles. The third kappa shape index (κ3) is 1.43. The molecule has 74 valence electrons. The summed E-state index contributed by atoms with van der Waals surface area (Å²) in [5.74, 6) is 0.463. The lowest BCUT2D eigenvalue weighted by molar-refractivity contribution is 0.278. The van der Waals surface area contributed by atoms with Crippen molar-refractivity contribution in [2.45, 2.75) is 6.61 Å². The Morgan fingerprint density at radius 1 is 1.50 bits per heavy atom. The molecule has 0 aromatic carbocycles. The molecule has 0 aliphatic heterocycles. The van der Waals surface area contributed by atoms with Crippen LogP contribution in [0, 0.1) is 0 Å². The normalized spacial score (nSPS) is 11.1. The Labute approximate surface area is 97.0 Å². The molecule has 0 fully saturated rings. The molecule has 0 spiro atoms. The highest BCUT2D eigenvalue weighted by Gasteiger charge is 2.10. The molecule has 0 bridgehead atoms. The Balaban J connectivity index is 2.85. The van der Waals surface area contributed by atoms with Crippen LogP contribution in [0.4, 0.5) is 5.82 Å². The summed E-state index contributed by atoms with van der Waals surface area (Å²) in [5, 5.41) is 9.00. The fourth-order valence-electron chi connectivity index (χ4n) is 1.25. The molecule has 0 radical (unpaired) electrons. The van der Waals surface area contributed by atoms with E-state index in [9.17, 15) is 0 Å². The number of halogens is 2. The van der Waals surface area contributed by atoms with Crippen LogP contribution in [0.3, 0.4) is 0 Å². The predicted octanol–water partition coefficient (Wildman–Crippen LogP) is 1.93. The van der Waals surface area contributed by atoms with Crippen LogP contribution < -0.4 is 5.73 Å². The van der Waals surface area contributed by atoms with Gasteiger partial charge in [-0.2, -0.15) is 0 Å². The highest BCUT2D eigenvalue weighted by atomic mass is 79.9. The number of fused-ring (bicyclic) bond motifs is 1. The van der Waals surface area contributed by atoms with Gasteiger partial charge in [0.05, 0.1) is 11.1 Å². The molecule has 6 heteroatoms. The van der Waals surface area contributed by atoms with E-state index >= 15 is 0 Å². The number of aromatic nitrogens is 2. The summed E-state index contributed by atoms with van der Waals surface area (Å²) >= 11 is 6.73. The van der Waals surface area contributed by atoms with Crippen molar-refractivity contribution in [2.24, 2.45) is 0 Å². The van der Waals surface area contributed by atoms with Gasteiger partial charge in [0.25, 0.3) is 0 Å². The summed E-state index contributed by atoms with van der Waals surface area (Å²) in [6, 6.07) is 1.88. The molecular formula is C8H7Br2N3O. The standard InChI is InChI=1S/C8H7Br2N3O/c9-4-1-5(10)8-12-6(3-14)7(11)13(8)2-4/h1-2,14H,3,11H2. The number of rotatable bonds is 1.